The van der Waals surface area contributed by atoms with E-state index in [-0.39, 0.29) is 5.91 Å². The maximum absolute atomic E-state index is 12.7. The van der Waals surface area contributed by atoms with Crippen LogP contribution in [0.25, 0.3) is 11.5 Å². The van der Waals surface area contributed by atoms with Gasteiger partial charge in [0.2, 0.25) is 0 Å². The number of hydrogen-bond acceptors (Lipinski definition) is 4. The zero-order valence-corrected chi connectivity index (χ0v) is 13.8. The van der Waals surface area contributed by atoms with E-state index in [0.717, 1.165) is 17.3 Å². The molecule has 4 rings (SSSR count). The summed E-state index contributed by atoms with van der Waals surface area (Å²) < 4.78 is 3.65. The minimum atomic E-state index is -0.218. The molecule has 4 aromatic rings. The Balaban J connectivity index is 1.60. The van der Waals surface area contributed by atoms with Gasteiger partial charge in [0, 0.05) is 18.6 Å². The summed E-state index contributed by atoms with van der Waals surface area (Å²) in [4.78, 5) is 25.6. The van der Waals surface area contributed by atoms with Crippen molar-refractivity contribution in [2.75, 3.05) is 5.32 Å². The van der Waals surface area contributed by atoms with Crippen LogP contribution in [-0.2, 0) is 0 Å². The molecule has 0 spiro atoms. The summed E-state index contributed by atoms with van der Waals surface area (Å²) in [6.45, 7) is 3.73. The topological polar surface area (TPSA) is 77.1 Å². The van der Waals surface area contributed by atoms with Gasteiger partial charge in [-0.2, -0.15) is 0 Å². The van der Waals surface area contributed by atoms with Gasteiger partial charge in [-0.15, -0.1) is 0 Å². The monoisotopic (exact) mass is 332 g/mol. The molecule has 124 valence electrons. The second-order valence-electron chi connectivity index (χ2n) is 5.68. The van der Waals surface area contributed by atoms with Crippen LogP contribution in [0.2, 0.25) is 0 Å². The van der Waals surface area contributed by atoms with E-state index in [9.17, 15) is 4.79 Å². The second kappa shape index (κ2) is 5.86. The molecule has 0 aliphatic rings. The fraction of sp³-hybridized carbons (Fsp3) is 0.111. The van der Waals surface area contributed by atoms with E-state index in [2.05, 4.69) is 20.3 Å². The normalized spacial score (nSPS) is 11.0. The zero-order chi connectivity index (χ0) is 17.4. The third-order valence-corrected chi connectivity index (χ3v) is 4.00. The molecule has 25 heavy (non-hydrogen) atoms. The molecule has 7 nitrogen and oxygen atoms in total. The lowest BCUT2D eigenvalue weighted by Gasteiger charge is -2.08. The molecule has 4 heterocycles. The molecule has 1 amide bonds. The lowest BCUT2D eigenvalue weighted by atomic mass is 10.3. The third-order valence-electron chi connectivity index (χ3n) is 4.00. The Morgan fingerprint density at radius 1 is 1.08 bits per heavy atom. The van der Waals surface area contributed by atoms with E-state index < -0.39 is 0 Å². The van der Waals surface area contributed by atoms with Crippen LogP contribution < -0.4 is 5.32 Å². The van der Waals surface area contributed by atoms with Crippen molar-refractivity contribution in [2.45, 2.75) is 13.8 Å². The molecule has 0 unspecified atom stereocenters. The SMILES string of the molecule is Cc1nc2ccccn2c1C(=O)Nc1ccc(-n2ccnc2C)nc1. The average Bonchev–Trinajstić information content (AvgIpc) is 3.17. The first kappa shape index (κ1) is 15.1. The maximum atomic E-state index is 12.7. The highest BCUT2D eigenvalue weighted by Gasteiger charge is 2.16. The van der Waals surface area contributed by atoms with Crippen molar-refractivity contribution in [1.82, 2.24) is 23.9 Å². The number of nitrogens with zero attached hydrogens (tertiary/aromatic N) is 5. The van der Waals surface area contributed by atoms with Gasteiger partial charge in [0.05, 0.1) is 17.6 Å². The minimum absolute atomic E-state index is 0.218. The van der Waals surface area contributed by atoms with Crippen molar-refractivity contribution in [3.63, 3.8) is 0 Å². The van der Waals surface area contributed by atoms with Gasteiger partial charge in [-0.1, -0.05) is 6.07 Å². The van der Waals surface area contributed by atoms with Crippen molar-refractivity contribution in [1.29, 1.82) is 0 Å². The van der Waals surface area contributed by atoms with Gasteiger partial charge in [-0.05, 0) is 38.1 Å². The Morgan fingerprint density at radius 3 is 2.68 bits per heavy atom. The van der Waals surface area contributed by atoms with Crippen molar-refractivity contribution in [2.24, 2.45) is 0 Å². The number of hydrogen-bond donors (Lipinski definition) is 1. The van der Waals surface area contributed by atoms with Gasteiger partial charge in [0.25, 0.3) is 5.91 Å². The Hall–Kier alpha value is -3.48. The van der Waals surface area contributed by atoms with E-state index in [1.54, 1.807) is 16.8 Å². The predicted octanol–water partition coefficient (Wildman–Crippen LogP) is 2.78. The van der Waals surface area contributed by atoms with Crippen molar-refractivity contribution in [3.05, 3.63) is 72.3 Å². The zero-order valence-electron chi connectivity index (χ0n) is 13.8. The molecule has 0 bridgehead atoms. The Kier molecular flexibility index (Phi) is 3.53. The molecule has 1 N–H and O–H groups in total. The molecule has 0 atom stereocenters. The molecule has 0 saturated heterocycles. The standard InChI is InChI=1S/C18H16N6O/c1-12-17(24-9-4-3-5-16(24)21-12)18(25)22-14-6-7-15(20-11-14)23-10-8-19-13(23)2/h3-11H,1-2H3,(H,22,25). The van der Waals surface area contributed by atoms with Crippen LogP contribution in [0.4, 0.5) is 5.69 Å². The summed E-state index contributed by atoms with van der Waals surface area (Å²) in [6, 6.07) is 9.29. The number of carbonyl (C=O) groups is 1. The summed E-state index contributed by atoms with van der Waals surface area (Å²) in [5.41, 5.74) is 2.57. The quantitative estimate of drug-likeness (QED) is 0.626. The lowest BCUT2D eigenvalue weighted by Crippen LogP contribution is -2.15. The Labute approximate surface area is 144 Å². The van der Waals surface area contributed by atoms with Crippen LogP contribution in [0.1, 0.15) is 22.0 Å². The van der Waals surface area contributed by atoms with Crippen LogP contribution in [-0.4, -0.2) is 29.8 Å². The van der Waals surface area contributed by atoms with E-state index in [1.807, 2.05) is 61.1 Å². The molecule has 7 heteroatoms. The highest BCUT2D eigenvalue weighted by Crippen LogP contribution is 2.16. The summed E-state index contributed by atoms with van der Waals surface area (Å²) in [5, 5.41) is 2.88. The van der Waals surface area contributed by atoms with Gasteiger partial charge in [0.15, 0.2) is 0 Å². The minimum Gasteiger partial charge on any atom is -0.319 e. The van der Waals surface area contributed by atoms with Crippen LogP contribution in [0.5, 0.6) is 0 Å². The van der Waals surface area contributed by atoms with Gasteiger partial charge in [-0.3, -0.25) is 13.8 Å². The molecule has 0 aliphatic carbocycles. The first-order valence-corrected chi connectivity index (χ1v) is 7.85. The number of anilines is 1. The molecular weight excluding hydrogens is 316 g/mol. The Morgan fingerprint density at radius 2 is 1.96 bits per heavy atom. The van der Waals surface area contributed by atoms with Crippen molar-refractivity contribution >= 4 is 17.2 Å². The van der Waals surface area contributed by atoms with Crippen molar-refractivity contribution < 1.29 is 4.79 Å². The summed E-state index contributed by atoms with van der Waals surface area (Å²) in [5.74, 6) is 1.38. The maximum Gasteiger partial charge on any atom is 0.274 e. The molecule has 4 aromatic heterocycles. The molecule has 0 saturated carbocycles. The molecular formula is C18H16N6O. The van der Waals surface area contributed by atoms with Crippen LogP contribution in [0.3, 0.4) is 0 Å². The third kappa shape index (κ3) is 2.65. The van der Waals surface area contributed by atoms with E-state index in [4.69, 9.17) is 0 Å². The number of aromatic nitrogens is 5. The summed E-state index contributed by atoms with van der Waals surface area (Å²) >= 11 is 0. The van der Waals surface area contributed by atoms with E-state index in [0.29, 0.717) is 17.1 Å². The lowest BCUT2D eigenvalue weighted by molar-refractivity contribution is 0.102. The molecule has 0 aliphatic heterocycles. The van der Waals surface area contributed by atoms with E-state index >= 15 is 0 Å². The van der Waals surface area contributed by atoms with Gasteiger partial charge < -0.3 is 5.32 Å². The van der Waals surface area contributed by atoms with Gasteiger partial charge in [-0.25, -0.2) is 15.0 Å². The number of imidazole rings is 2. The number of amides is 1. The molecule has 0 radical (unpaired) electrons. The van der Waals surface area contributed by atoms with Crippen molar-refractivity contribution in [3.8, 4) is 5.82 Å². The summed E-state index contributed by atoms with van der Waals surface area (Å²) in [6.07, 6.45) is 7.02. The number of aryl methyl sites for hydroxylation is 2. The van der Waals surface area contributed by atoms with Gasteiger partial charge in [0.1, 0.15) is 23.0 Å². The summed E-state index contributed by atoms with van der Waals surface area (Å²) in [7, 11) is 0. The largest absolute Gasteiger partial charge is 0.319 e. The predicted molar refractivity (Wildman–Crippen MR) is 94.0 cm³/mol. The average molecular weight is 332 g/mol. The number of carbonyl (C=O) groups excluding carboxylic acids is 1. The smallest absolute Gasteiger partial charge is 0.274 e. The molecule has 0 fully saturated rings. The fourth-order valence-electron chi connectivity index (χ4n) is 2.80. The van der Waals surface area contributed by atoms with Crippen LogP contribution in [0.15, 0.2) is 55.1 Å². The first-order chi connectivity index (χ1) is 12.1. The van der Waals surface area contributed by atoms with Gasteiger partial charge >= 0.3 is 0 Å². The molecule has 0 aromatic carbocycles. The Bertz CT molecular complexity index is 1060. The van der Waals surface area contributed by atoms with Crippen LogP contribution >= 0.6 is 0 Å². The first-order valence-electron chi connectivity index (χ1n) is 7.85. The highest BCUT2D eigenvalue weighted by molar-refractivity contribution is 6.04. The second-order valence-corrected chi connectivity index (χ2v) is 5.68. The van der Waals surface area contributed by atoms with Crippen LogP contribution in [0, 0.1) is 13.8 Å². The van der Waals surface area contributed by atoms with E-state index in [1.165, 1.54) is 0 Å². The fourth-order valence-corrected chi connectivity index (χ4v) is 2.80. The number of rotatable bonds is 3. The highest BCUT2D eigenvalue weighted by atomic mass is 16.2. The number of fused-ring (bicyclic) bond motifs is 1. The number of pyridine rings is 2. The number of nitrogens with one attached hydrogen (secondary N) is 1.